The Balaban J connectivity index is 1.43. The van der Waals surface area contributed by atoms with Crippen LogP contribution >= 0.6 is 0 Å². The lowest BCUT2D eigenvalue weighted by Gasteiger charge is -2.17. The molecule has 2 aromatic heterocycles. The van der Waals surface area contributed by atoms with E-state index in [4.69, 9.17) is 0 Å². The van der Waals surface area contributed by atoms with Crippen molar-refractivity contribution < 1.29 is 14.0 Å². The molecule has 0 bridgehead atoms. The van der Waals surface area contributed by atoms with Gasteiger partial charge in [-0.05, 0) is 56.7 Å². The first-order valence-electron chi connectivity index (χ1n) is 10.5. The predicted octanol–water partition coefficient (Wildman–Crippen LogP) is 3.44. The van der Waals surface area contributed by atoms with Crippen LogP contribution in [0.1, 0.15) is 45.5 Å². The number of carbonyl (C=O) groups excluding carboxylic acids is 2. The summed E-state index contributed by atoms with van der Waals surface area (Å²) in [6, 6.07) is 9.07. The Kier molecular flexibility index (Phi) is 6.20. The van der Waals surface area contributed by atoms with E-state index < -0.39 is 0 Å². The number of anilines is 1. The van der Waals surface area contributed by atoms with Gasteiger partial charge in [0, 0.05) is 59.6 Å². The number of aromatic nitrogens is 3. The smallest absolute Gasteiger partial charge is 0.253 e. The molecule has 1 aliphatic heterocycles. The molecule has 1 aromatic carbocycles. The third kappa shape index (κ3) is 4.80. The molecule has 1 saturated heterocycles. The highest BCUT2D eigenvalue weighted by molar-refractivity contribution is 5.94. The molecule has 0 radical (unpaired) electrons. The zero-order valence-electron chi connectivity index (χ0n) is 18.0. The molecular weight excluding hydrogens is 409 g/mol. The van der Waals surface area contributed by atoms with Crippen LogP contribution in [0.5, 0.6) is 0 Å². The van der Waals surface area contributed by atoms with Crippen LogP contribution in [0, 0.1) is 19.7 Å². The van der Waals surface area contributed by atoms with E-state index >= 15 is 0 Å². The maximum atomic E-state index is 13.0. The van der Waals surface area contributed by atoms with Crippen LogP contribution in [-0.2, 0) is 11.2 Å². The number of hydrogen-bond donors (Lipinski definition) is 1. The predicted molar refractivity (Wildman–Crippen MR) is 118 cm³/mol. The monoisotopic (exact) mass is 433 g/mol. The maximum absolute atomic E-state index is 13.0. The van der Waals surface area contributed by atoms with E-state index in [2.05, 4.69) is 20.3 Å². The number of pyridine rings is 1. The molecule has 1 atom stereocenters. The summed E-state index contributed by atoms with van der Waals surface area (Å²) >= 11 is 0. The molecule has 0 spiro atoms. The van der Waals surface area contributed by atoms with Crippen molar-refractivity contribution in [3.63, 3.8) is 0 Å². The van der Waals surface area contributed by atoms with E-state index in [9.17, 15) is 14.0 Å². The molecule has 164 valence electrons. The van der Waals surface area contributed by atoms with E-state index in [1.165, 1.54) is 24.3 Å². The van der Waals surface area contributed by atoms with Gasteiger partial charge in [-0.3, -0.25) is 14.6 Å². The molecule has 3 heterocycles. The minimum Gasteiger partial charge on any atom is -0.338 e. The second-order valence-electron chi connectivity index (χ2n) is 7.94. The molecule has 0 unspecified atom stereocenters. The summed E-state index contributed by atoms with van der Waals surface area (Å²) < 4.78 is 13.0. The summed E-state index contributed by atoms with van der Waals surface area (Å²) in [6.07, 6.45) is 4.15. The van der Waals surface area contributed by atoms with E-state index in [0.29, 0.717) is 30.2 Å². The summed E-state index contributed by atoms with van der Waals surface area (Å²) in [4.78, 5) is 40.3. The quantitative estimate of drug-likeness (QED) is 0.666. The van der Waals surface area contributed by atoms with Crippen LogP contribution in [-0.4, -0.2) is 44.8 Å². The first-order valence-corrected chi connectivity index (χ1v) is 10.5. The highest BCUT2D eigenvalue weighted by Crippen LogP contribution is 2.27. The van der Waals surface area contributed by atoms with Gasteiger partial charge in [0.25, 0.3) is 5.91 Å². The van der Waals surface area contributed by atoms with Gasteiger partial charge in [-0.25, -0.2) is 14.4 Å². The Morgan fingerprint density at radius 1 is 1.06 bits per heavy atom. The first kappa shape index (κ1) is 21.5. The third-order valence-electron chi connectivity index (χ3n) is 5.67. The molecule has 8 heteroatoms. The Bertz CT molecular complexity index is 1110. The second-order valence-corrected chi connectivity index (χ2v) is 7.94. The Hall–Kier alpha value is -3.68. The Morgan fingerprint density at radius 3 is 2.38 bits per heavy atom. The summed E-state index contributed by atoms with van der Waals surface area (Å²) in [5.74, 6) is 0.172. The number of nitrogens with zero attached hydrogens (tertiary/aromatic N) is 4. The molecule has 0 saturated carbocycles. The van der Waals surface area contributed by atoms with Crippen molar-refractivity contribution in [3.05, 3.63) is 82.9 Å². The topological polar surface area (TPSA) is 88.1 Å². The normalized spacial score (nSPS) is 15.6. The molecule has 7 nitrogen and oxygen atoms in total. The van der Waals surface area contributed by atoms with Gasteiger partial charge in [-0.2, -0.15) is 0 Å². The minimum absolute atomic E-state index is 0.0163. The van der Waals surface area contributed by atoms with Crippen molar-refractivity contribution >= 4 is 17.5 Å². The van der Waals surface area contributed by atoms with Crippen LogP contribution in [0.2, 0.25) is 0 Å². The molecule has 1 aliphatic rings. The fraction of sp³-hybridized carbons (Fsp3) is 0.292. The summed E-state index contributed by atoms with van der Waals surface area (Å²) in [5.41, 5.74) is 3.43. The largest absolute Gasteiger partial charge is 0.338 e. The summed E-state index contributed by atoms with van der Waals surface area (Å²) in [6.45, 7) is 4.95. The van der Waals surface area contributed by atoms with E-state index in [1.54, 1.807) is 24.5 Å². The number of carbonyl (C=O) groups is 2. The molecule has 4 rings (SSSR count). The van der Waals surface area contributed by atoms with E-state index in [0.717, 1.165) is 23.4 Å². The van der Waals surface area contributed by atoms with Crippen LogP contribution in [0.3, 0.4) is 0 Å². The van der Waals surface area contributed by atoms with E-state index in [1.807, 2.05) is 18.7 Å². The standard InChI is InChI=1S/C24H24FN5O2/c1-15-21(13-22(31)29-20-5-3-19(25)4-6-20)16(2)28-23(27-15)18-9-12-30(14-18)24(32)17-7-10-26-11-8-17/h3-8,10-11,18H,9,12-14H2,1-2H3,(H,29,31)/t18-/m1/s1. The summed E-state index contributed by atoms with van der Waals surface area (Å²) in [7, 11) is 0. The highest BCUT2D eigenvalue weighted by Gasteiger charge is 2.30. The Labute approximate surface area is 185 Å². The highest BCUT2D eigenvalue weighted by atomic mass is 19.1. The van der Waals surface area contributed by atoms with Crippen molar-refractivity contribution in [2.75, 3.05) is 18.4 Å². The lowest BCUT2D eigenvalue weighted by atomic mass is 10.0. The van der Waals surface area contributed by atoms with Crippen molar-refractivity contribution in [3.8, 4) is 0 Å². The average Bonchev–Trinajstić information content (AvgIpc) is 3.28. The first-order chi connectivity index (χ1) is 15.4. The average molecular weight is 433 g/mol. The van der Waals surface area contributed by atoms with Gasteiger partial charge < -0.3 is 10.2 Å². The number of nitrogens with one attached hydrogen (secondary N) is 1. The second kappa shape index (κ2) is 9.21. The van der Waals surface area contributed by atoms with Gasteiger partial charge in [0.05, 0.1) is 6.42 Å². The number of hydrogen-bond acceptors (Lipinski definition) is 5. The molecule has 1 fully saturated rings. The van der Waals surface area contributed by atoms with E-state index in [-0.39, 0.29) is 30.0 Å². The van der Waals surface area contributed by atoms with Crippen LogP contribution in [0.15, 0.2) is 48.8 Å². The molecule has 3 aromatic rings. The fourth-order valence-electron chi connectivity index (χ4n) is 3.94. The maximum Gasteiger partial charge on any atom is 0.253 e. The molecule has 1 N–H and O–H groups in total. The number of benzene rings is 1. The number of aryl methyl sites for hydroxylation is 2. The van der Waals surface area contributed by atoms with Gasteiger partial charge in [0.1, 0.15) is 11.6 Å². The Morgan fingerprint density at radius 2 is 1.72 bits per heavy atom. The zero-order chi connectivity index (χ0) is 22.7. The van der Waals surface area contributed by atoms with Gasteiger partial charge in [0.15, 0.2) is 0 Å². The van der Waals surface area contributed by atoms with Gasteiger partial charge in [-0.1, -0.05) is 0 Å². The number of rotatable bonds is 5. The number of amides is 2. The van der Waals surface area contributed by atoms with Crippen LogP contribution in [0.25, 0.3) is 0 Å². The third-order valence-corrected chi connectivity index (χ3v) is 5.67. The lowest BCUT2D eigenvalue weighted by Crippen LogP contribution is -2.28. The zero-order valence-corrected chi connectivity index (χ0v) is 18.0. The molecule has 0 aliphatic carbocycles. The van der Waals surface area contributed by atoms with Crippen molar-refractivity contribution in [1.29, 1.82) is 0 Å². The molecular formula is C24H24FN5O2. The lowest BCUT2D eigenvalue weighted by molar-refractivity contribution is -0.115. The fourth-order valence-corrected chi connectivity index (χ4v) is 3.94. The molecule has 32 heavy (non-hydrogen) atoms. The van der Waals surface area contributed by atoms with Crippen molar-refractivity contribution in [2.24, 2.45) is 0 Å². The SMILES string of the molecule is Cc1nc([C@@H]2CCN(C(=O)c3ccncc3)C2)nc(C)c1CC(=O)Nc1ccc(F)cc1. The number of likely N-dealkylation sites (tertiary alicyclic amines) is 1. The van der Waals surface area contributed by atoms with Gasteiger partial charge in [-0.15, -0.1) is 0 Å². The minimum atomic E-state index is -0.355. The molecule has 2 amide bonds. The van der Waals surface area contributed by atoms with Gasteiger partial charge >= 0.3 is 0 Å². The summed E-state index contributed by atoms with van der Waals surface area (Å²) in [5, 5.41) is 2.77. The van der Waals surface area contributed by atoms with Crippen LogP contribution < -0.4 is 5.32 Å². The van der Waals surface area contributed by atoms with Crippen molar-refractivity contribution in [1.82, 2.24) is 19.9 Å². The number of halogens is 1. The van der Waals surface area contributed by atoms with Gasteiger partial charge in [0.2, 0.25) is 5.91 Å². The van der Waals surface area contributed by atoms with Crippen LogP contribution in [0.4, 0.5) is 10.1 Å². The van der Waals surface area contributed by atoms with Crippen molar-refractivity contribution in [2.45, 2.75) is 32.6 Å².